The summed E-state index contributed by atoms with van der Waals surface area (Å²) in [7, 11) is -3.61. The lowest BCUT2D eigenvalue weighted by atomic mass is 10.2. The largest absolute Gasteiger partial charge is 0.480 e. The molecule has 2 rings (SSSR count). The van der Waals surface area contributed by atoms with Crippen LogP contribution in [0.2, 0.25) is 0 Å². The number of rotatable bonds is 2. The Hall–Kier alpha value is -1.36. The van der Waals surface area contributed by atoms with Crippen molar-refractivity contribution in [3.8, 4) is 0 Å². The average Bonchev–Trinajstić information content (AvgIpc) is 2.30. The van der Waals surface area contributed by atoms with Crippen LogP contribution in [0.4, 0.5) is 0 Å². The van der Waals surface area contributed by atoms with Gasteiger partial charge in [-0.15, -0.1) is 4.40 Å². The predicted molar refractivity (Wildman–Crippen MR) is 65.6 cm³/mol. The number of hydrogen-bond donors (Lipinski definition) is 0. The molecule has 1 aromatic carbocycles. The van der Waals surface area contributed by atoms with E-state index in [1.165, 1.54) is 0 Å². The highest BCUT2D eigenvalue weighted by molar-refractivity contribution is 7.90. The predicted octanol–water partition coefficient (Wildman–Crippen LogP) is 2.28. The summed E-state index contributed by atoms with van der Waals surface area (Å²) in [5.74, 6) is 0.330. The molecule has 1 aliphatic heterocycles. The molecule has 17 heavy (non-hydrogen) atoms. The third kappa shape index (κ3) is 3.06. The second kappa shape index (κ2) is 4.87. The van der Waals surface area contributed by atoms with Gasteiger partial charge < -0.3 is 4.74 Å². The van der Waals surface area contributed by atoms with Gasteiger partial charge in [-0.1, -0.05) is 17.7 Å². The first-order valence-corrected chi connectivity index (χ1v) is 7.05. The fraction of sp³-hybridized carbons (Fsp3) is 0.417. The van der Waals surface area contributed by atoms with Crippen LogP contribution in [0.15, 0.2) is 33.6 Å². The Morgan fingerprint density at radius 3 is 2.47 bits per heavy atom. The standard InChI is InChI=1S/C12H15NO3S/c1-10-5-7-11(8-6-10)17(14,15)13-12-4-2-3-9-16-12/h5-8H,2-4,9H2,1H3/b13-12+. The van der Waals surface area contributed by atoms with Gasteiger partial charge >= 0.3 is 0 Å². The lowest BCUT2D eigenvalue weighted by molar-refractivity contribution is 0.261. The lowest BCUT2D eigenvalue weighted by Gasteiger charge is -2.14. The Kier molecular flexibility index (Phi) is 3.47. The first-order chi connectivity index (χ1) is 8.08. The molecule has 0 amide bonds. The third-order valence-corrected chi connectivity index (χ3v) is 3.91. The van der Waals surface area contributed by atoms with Crippen molar-refractivity contribution in [1.82, 2.24) is 0 Å². The molecule has 0 atom stereocenters. The van der Waals surface area contributed by atoms with E-state index in [2.05, 4.69) is 4.40 Å². The first-order valence-electron chi connectivity index (χ1n) is 5.61. The van der Waals surface area contributed by atoms with Crippen LogP contribution < -0.4 is 0 Å². The molecule has 0 bridgehead atoms. The van der Waals surface area contributed by atoms with Crippen LogP contribution in [-0.4, -0.2) is 20.9 Å². The third-order valence-electron chi connectivity index (χ3n) is 2.59. The number of nitrogens with zero attached hydrogens (tertiary/aromatic N) is 1. The Labute approximate surface area is 101 Å². The molecule has 1 heterocycles. The van der Waals surface area contributed by atoms with Crippen LogP contribution in [0.3, 0.4) is 0 Å². The van der Waals surface area contributed by atoms with Gasteiger partial charge in [0.2, 0.25) is 0 Å². The van der Waals surface area contributed by atoms with E-state index in [4.69, 9.17) is 4.74 Å². The fourth-order valence-corrected chi connectivity index (χ4v) is 2.61. The van der Waals surface area contributed by atoms with E-state index < -0.39 is 10.0 Å². The zero-order chi connectivity index (χ0) is 12.3. The summed E-state index contributed by atoms with van der Waals surface area (Å²) in [5.41, 5.74) is 1.02. The fourth-order valence-electron chi connectivity index (χ4n) is 1.61. The van der Waals surface area contributed by atoms with E-state index in [-0.39, 0.29) is 4.90 Å². The molecular weight excluding hydrogens is 238 g/mol. The highest BCUT2D eigenvalue weighted by Crippen LogP contribution is 2.16. The second-order valence-electron chi connectivity index (χ2n) is 4.08. The molecule has 4 nitrogen and oxygen atoms in total. The van der Waals surface area contributed by atoms with Crippen LogP contribution in [-0.2, 0) is 14.8 Å². The lowest BCUT2D eigenvalue weighted by Crippen LogP contribution is -2.14. The van der Waals surface area contributed by atoms with Gasteiger partial charge in [-0.2, -0.15) is 8.42 Å². The van der Waals surface area contributed by atoms with Gasteiger partial charge in [0.05, 0.1) is 11.5 Å². The second-order valence-corrected chi connectivity index (χ2v) is 5.68. The number of sulfonamides is 1. The van der Waals surface area contributed by atoms with Crippen molar-refractivity contribution in [2.45, 2.75) is 31.1 Å². The van der Waals surface area contributed by atoms with Crippen molar-refractivity contribution in [3.05, 3.63) is 29.8 Å². The molecule has 1 aromatic rings. The molecule has 0 radical (unpaired) electrons. The van der Waals surface area contributed by atoms with E-state index >= 15 is 0 Å². The number of hydrogen-bond acceptors (Lipinski definition) is 3. The summed E-state index contributed by atoms with van der Waals surface area (Å²) < 4.78 is 32.9. The normalized spacial score (nSPS) is 19.0. The number of benzene rings is 1. The molecule has 0 N–H and O–H groups in total. The minimum Gasteiger partial charge on any atom is -0.480 e. The van der Waals surface area contributed by atoms with Gasteiger partial charge in [0.1, 0.15) is 0 Å². The zero-order valence-corrected chi connectivity index (χ0v) is 10.5. The van der Waals surface area contributed by atoms with Crippen LogP contribution >= 0.6 is 0 Å². The minimum absolute atomic E-state index is 0.213. The summed E-state index contributed by atoms with van der Waals surface area (Å²) in [5, 5.41) is 0. The number of ether oxygens (including phenoxy) is 1. The SMILES string of the molecule is Cc1ccc(S(=O)(=O)/N=C2\CCCCO2)cc1. The smallest absolute Gasteiger partial charge is 0.285 e. The summed E-state index contributed by atoms with van der Waals surface area (Å²) in [6.45, 7) is 2.47. The molecule has 0 unspecified atom stereocenters. The van der Waals surface area contributed by atoms with E-state index in [0.717, 1.165) is 18.4 Å². The quantitative estimate of drug-likeness (QED) is 0.812. The number of aryl methyl sites for hydroxylation is 1. The molecule has 0 saturated carbocycles. The van der Waals surface area contributed by atoms with Gasteiger partial charge in [0.25, 0.3) is 10.0 Å². The molecule has 1 saturated heterocycles. The van der Waals surface area contributed by atoms with Crippen molar-refractivity contribution in [1.29, 1.82) is 0 Å². The zero-order valence-electron chi connectivity index (χ0n) is 9.72. The molecule has 1 fully saturated rings. The molecule has 0 spiro atoms. The van der Waals surface area contributed by atoms with Crippen molar-refractivity contribution < 1.29 is 13.2 Å². The van der Waals surface area contributed by atoms with E-state index in [0.29, 0.717) is 18.9 Å². The van der Waals surface area contributed by atoms with Crippen molar-refractivity contribution in [2.75, 3.05) is 6.61 Å². The first kappa shape index (κ1) is 12.1. The minimum atomic E-state index is -3.61. The maximum atomic E-state index is 11.9. The van der Waals surface area contributed by atoms with Gasteiger partial charge in [0.15, 0.2) is 5.90 Å². The summed E-state index contributed by atoms with van der Waals surface area (Å²) in [6, 6.07) is 6.65. The highest BCUT2D eigenvalue weighted by Gasteiger charge is 2.16. The van der Waals surface area contributed by atoms with Crippen molar-refractivity contribution in [3.63, 3.8) is 0 Å². The molecule has 0 aromatic heterocycles. The molecule has 1 aliphatic rings. The topological polar surface area (TPSA) is 55.7 Å². The van der Waals surface area contributed by atoms with Crippen LogP contribution in [0.25, 0.3) is 0 Å². The van der Waals surface area contributed by atoms with E-state index in [1.54, 1.807) is 24.3 Å². The van der Waals surface area contributed by atoms with Crippen molar-refractivity contribution >= 4 is 15.9 Å². The summed E-state index contributed by atoms with van der Waals surface area (Å²) >= 11 is 0. The van der Waals surface area contributed by atoms with Gasteiger partial charge in [-0.3, -0.25) is 0 Å². The Balaban J connectivity index is 2.27. The Morgan fingerprint density at radius 2 is 1.88 bits per heavy atom. The maximum absolute atomic E-state index is 11.9. The molecule has 92 valence electrons. The van der Waals surface area contributed by atoms with Gasteiger partial charge in [-0.05, 0) is 31.9 Å². The van der Waals surface area contributed by atoms with E-state index in [9.17, 15) is 8.42 Å². The van der Waals surface area contributed by atoms with Crippen LogP contribution in [0.1, 0.15) is 24.8 Å². The summed E-state index contributed by atoms with van der Waals surface area (Å²) in [6.07, 6.45) is 2.50. The van der Waals surface area contributed by atoms with Gasteiger partial charge in [-0.25, -0.2) is 0 Å². The Morgan fingerprint density at radius 1 is 1.18 bits per heavy atom. The van der Waals surface area contributed by atoms with Crippen LogP contribution in [0.5, 0.6) is 0 Å². The summed E-state index contributed by atoms with van der Waals surface area (Å²) in [4.78, 5) is 0.213. The molecule has 5 heteroatoms. The maximum Gasteiger partial charge on any atom is 0.285 e. The monoisotopic (exact) mass is 253 g/mol. The molecule has 0 aliphatic carbocycles. The van der Waals surface area contributed by atoms with Crippen molar-refractivity contribution in [2.24, 2.45) is 4.40 Å². The van der Waals surface area contributed by atoms with E-state index in [1.807, 2.05) is 6.92 Å². The highest BCUT2D eigenvalue weighted by atomic mass is 32.2. The Bertz CT molecular complexity index is 509. The van der Waals surface area contributed by atoms with Crippen LogP contribution in [0, 0.1) is 6.92 Å². The van der Waals surface area contributed by atoms with Gasteiger partial charge in [0, 0.05) is 6.42 Å². The molecular formula is C12H15NO3S. The average molecular weight is 253 g/mol.